The van der Waals surface area contributed by atoms with Crippen molar-refractivity contribution >= 4 is 44.6 Å². The highest BCUT2D eigenvalue weighted by atomic mass is 35.5. The number of carbonyl (C=O) groups excluding carboxylic acids is 1. The predicted molar refractivity (Wildman–Crippen MR) is 94.9 cm³/mol. The summed E-state index contributed by atoms with van der Waals surface area (Å²) in [7, 11) is -3.36. The van der Waals surface area contributed by atoms with Crippen LogP contribution in [-0.2, 0) is 14.6 Å². The van der Waals surface area contributed by atoms with E-state index in [0.717, 1.165) is 11.8 Å². The molecule has 2 aromatic carbocycles. The SMILES string of the molecule is Cc1ccc(S(C)(=O)=O)cc1NC(=O)COc1ccc(Cl)cc1Cl. The van der Waals surface area contributed by atoms with Crippen molar-refractivity contribution in [3.63, 3.8) is 0 Å². The lowest BCUT2D eigenvalue weighted by atomic mass is 10.2. The lowest BCUT2D eigenvalue weighted by Gasteiger charge is -2.11. The van der Waals surface area contributed by atoms with Crippen LogP contribution in [0.3, 0.4) is 0 Å². The summed E-state index contributed by atoms with van der Waals surface area (Å²) < 4.78 is 28.5. The maximum absolute atomic E-state index is 12.0. The van der Waals surface area contributed by atoms with Crippen LogP contribution in [0.5, 0.6) is 5.75 Å². The number of sulfone groups is 1. The molecule has 0 saturated carbocycles. The van der Waals surface area contributed by atoms with Crippen LogP contribution in [0.2, 0.25) is 10.0 Å². The molecular formula is C16H15Cl2NO4S. The third kappa shape index (κ3) is 4.87. The Bertz CT molecular complexity index is 882. The molecular weight excluding hydrogens is 373 g/mol. The summed E-state index contributed by atoms with van der Waals surface area (Å²) in [5, 5.41) is 3.39. The second kappa shape index (κ2) is 7.42. The molecule has 0 aromatic heterocycles. The number of halogens is 2. The van der Waals surface area contributed by atoms with E-state index in [0.29, 0.717) is 21.5 Å². The molecule has 5 nitrogen and oxygen atoms in total. The van der Waals surface area contributed by atoms with E-state index >= 15 is 0 Å². The first-order valence-electron chi connectivity index (χ1n) is 6.85. The Morgan fingerprint density at radius 2 is 1.88 bits per heavy atom. The summed E-state index contributed by atoms with van der Waals surface area (Å²) >= 11 is 11.7. The minimum absolute atomic E-state index is 0.130. The van der Waals surface area contributed by atoms with Gasteiger partial charge in [-0.3, -0.25) is 4.79 Å². The van der Waals surface area contributed by atoms with Gasteiger partial charge < -0.3 is 10.1 Å². The molecule has 0 spiro atoms. The first kappa shape index (κ1) is 18.6. The molecule has 0 aliphatic rings. The van der Waals surface area contributed by atoms with Crippen LogP contribution in [0.4, 0.5) is 5.69 Å². The van der Waals surface area contributed by atoms with E-state index in [4.69, 9.17) is 27.9 Å². The average Bonchev–Trinajstić information content (AvgIpc) is 2.47. The Balaban J connectivity index is 2.07. The fraction of sp³-hybridized carbons (Fsp3) is 0.188. The molecule has 0 unspecified atom stereocenters. The van der Waals surface area contributed by atoms with Crippen LogP contribution < -0.4 is 10.1 Å². The molecule has 1 N–H and O–H groups in total. The third-order valence-electron chi connectivity index (χ3n) is 3.16. The van der Waals surface area contributed by atoms with Crippen molar-refractivity contribution in [2.24, 2.45) is 0 Å². The number of anilines is 1. The quantitative estimate of drug-likeness (QED) is 0.848. The standard InChI is InChI=1S/C16H15Cl2NO4S/c1-10-3-5-12(24(2,21)22)8-14(10)19-16(20)9-23-15-6-4-11(17)7-13(15)18/h3-8H,9H2,1-2H3,(H,19,20). The van der Waals surface area contributed by atoms with Gasteiger partial charge in [0.05, 0.1) is 9.92 Å². The first-order chi connectivity index (χ1) is 11.2. The predicted octanol–water partition coefficient (Wildman–Crippen LogP) is 3.72. The Morgan fingerprint density at radius 1 is 1.17 bits per heavy atom. The number of hydrogen-bond acceptors (Lipinski definition) is 4. The number of carbonyl (C=O) groups is 1. The summed E-state index contributed by atoms with van der Waals surface area (Å²) in [6.45, 7) is 1.49. The van der Waals surface area contributed by atoms with Gasteiger partial charge in [-0.25, -0.2) is 8.42 Å². The molecule has 0 radical (unpaired) electrons. The zero-order valence-electron chi connectivity index (χ0n) is 13.0. The van der Waals surface area contributed by atoms with Crippen LogP contribution in [0, 0.1) is 6.92 Å². The fourth-order valence-corrected chi connectivity index (χ4v) is 3.00. The molecule has 0 aliphatic heterocycles. The Morgan fingerprint density at radius 3 is 2.50 bits per heavy atom. The second-order valence-corrected chi connectivity index (χ2v) is 8.02. The number of hydrogen-bond donors (Lipinski definition) is 1. The number of amides is 1. The number of ether oxygens (including phenoxy) is 1. The zero-order chi connectivity index (χ0) is 17.9. The fourth-order valence-electron chi connectivity index (χ4n) is 1.89. The molecule has 0 bridgehead atoms. The van der Waals surface area contributed by atoms with Crippen molar-refractivity contribution in [1.29, 1.82) is 0 Å². The molecule has 1 amide bonds. The molecule has 0 fully saturated rings. The number of aryl methyl sites for hydroxylation is 1. The maximum Gasteiger partial charge on any atom is 0.262 e. The van der Waals surface area contributed by atoms with Crippen molar-refractivity contribution < 1.29 is 17.9 Å². The molecule has 24 heavy (non-hydrogen) atoms. The molecule has 2 rings (SSSR count). The van der Waals surface area contributed by atoms with E-state index in [1.54, 1.807) is 25.1 Å². The second-order valence-electron chi connectivity index (χ2n) is 5.16. The monoisotopic (exact) mass is 387 g/mol. The highest BCUT2D eigenvalue weighted by molar-refractivity contribution is 7.90. The summed E-state index contributed by atoms with van der Waals surface area (Å²) in [6.07, 6.45) is 1.11. The Kier molecular flexibility index (Phi) is 5.74. The lowest BCUT2D eigenvalue weighted by molar-refractivity contribution is -0.118. The number of rotatable bonds is 5. The Labute approximate surface area is 150 Å². The van der Waals surface area contributed by atoms with E-state index in [1.807, 2.05) is 0 Å². The Hall–Kier alpha value is -1.76. The highest BCUT2D eigenvalue weighted by Gasteiger charge is 2.12. The number of nitrogens with one attached hydrogen (secondary N) is 1. The van der Waals surface area contributed by atoms with Gasteiger partial charge in [-0.05, 0) is 42.8 Å². The van der Waals surface area contributed by atoms with Crippen LogP contribution in [0.15, 0.2) is 41.3 Å². The van der Waals surface area contributed by atoms with Gasteiger partial charge in [0.1, 0.15) is 5.75 Å². The smallest absolute Gasteiger partial charge is 0.262 e. The zero-order valence-corrected chi connectivity index (χ0v) is 15.3. The van der Waals surface area contributed by atoms with Gasteiger partial charge in [0.25, 0.3) is 5.91 Å². The van der Waals surface area contributed by atoms with Gasteiger partial charge in [0, 0.05) is 17.0 Å². The molecule has 128 valence electrons. The normalized spacial score (nSPS) is 11.2. The highest BCUT2D eigenvalue weighted by Crippen LogP contribution is 2.27. The largest absolute Gasteiger partial charge is 0.482 e. The molecule has 0 heterocycles. The number of benzene rings is 2. The van der Waals surface area contributed by atoms with Crippen molar-refractivity contribution in [3.8, 4) is 5.75 Å². The van der Waals surface area contributed by atoms with Crippen LogP contribution in [0.1, 0.15) is 5.56 Å². The summed E-state index contributed by atoms with van der Waals surface area (Å²) in [5.74, 6) is -0.104. The summed E-state index contributed by atoms with van der Waals surface area (Å²) in [5.41, 5.74) is 1.15. The van der Waals surface area contributed by atoms with Gasteiger partial charge in [0.2, 0.25) is 0 Å². The van der Waals surface area contributed by atoms with E-state index in [-0.39, 0.29) is 11.5 Å². The van der Waals surface area contributed by atoms with Crippen molar-refractivity contribution in [1.82, 2.24) is 0 Å². The van der Waals surface area contributed by atoms with Gasteiger partial charge >= 0.3 is 0 Å². The van der Waals surface area contributed by atoms with Crippen molar-refractivity contribution in [3.05, 3.63) is 52.0 Å². The van der Waals surface area contributed by atoms with Gasteiger partial charge in [-0.15, -0.1) is 0 Å². The van der Waals surface area contributed by atoms with Gasteiger partial charge in [-0.1, -0.05) is 29.3 Å². The van der Waals surface area contributed by atoms with Crippen LogP contribution in [-0.4, -0.2) is 27.2 Å². The van der Waals surface area contributed by atoms with Crippen LogP contribution >= 0.6 is 23.2 Å². The first-order valence-corrected chi connectivity index (χ1v) is 9.50. The summed E-state index contributed by atoms with van der Waals surface area (Å²) in [4.78, 5) is 12.2. The lowest BCUT2D eigenvalue weighted by Crippen LogP contribution is -2.21. The molecule has 0 aliphatic carbocycles. The van der Waals surface area contributed by atoms with Gasteiger partial charge in [0.15, 0.2) is 16.4 Å². The van der Waals surface area contributed by atoms with E-state index in [9.17, 15) is 13.2 Å². The molecule has 8 heteroatoms. The maximum atomic E-state index is 12.0. The van der Waals surface area contributed by atoms with E-state index < -0.39 is 15.7 Å². The third-order valence-corrected chi connectivity index (χ3v) is 4.80. The minimum atomic E-state index is -3.36. The molecule has 0 saturated heterocycles. The minimum Gasteiger partial charge on any atom is -0.482 e. The summed E-state index contributed by atoms with van der Waals surface area (Å²) in [6, 6.07) is 9.20. The topological polar surface area (TPSA) is 72.5 Å². The van der Waals surface area contributed by atoms with Gasteiger partial charge in [-0.2, -0.15) is 0 Å². The van der Waals surface area contributed by atoms with Crippen molar-refractivity contribution in [2.45, 2.75) is 11.8 Å². The average molecular weight is 388 g/mol. The van der Waals surface area contributed by atoms with E-state index in [1.165, 1.54) is 18.2 Å². The van der Waals surface area contributed by atoms with Crippen LogP contribution in [0.25, 0.3) is 0 Å². The van der Waals surface area contributed by atoms with Crippen molar-refractivity contribution in [2.75, 3.05) is 18.2 Å². The molecule has 2 aromatic rings. The van der Waals surface area contributed by atoms with E-state index in [2.05, 4.69) is 5.32 Å². The molecule has 0 atom stereocenters.